The maximum atomic E-state index is 2.28. The molecule has 0 unspecified atom stereocenters. The summed E-state index contributed by atoms with van der Waals surface area (Å²) in [6, 6.07) is 2.26. The first-order valence-electron chi connectivity index (χ1n) is 8.37. The van der Waals surface area contributed by atoms with Crippen LogP contribution >= 0.6 is 11.3 Å². The predicted octanol–water partition coefficient (Wildman–Crippen LogP) is 4.74. The SMILES string of the molecule is C[n+]1ccn(CCCCCCCCCCc2ccsc2)c1. The molecule has 0 N–H and O–H groups in total. The van der Waals surface area contributed by atoms with Crippen LogP contribution in [-0.4, -0.2) is 4.57 Å². The molecule has 0 radical (unpaired) electrons. The van der Waals surface area contributed by atoms with Gasteiger partial charge in [-0.2, -0.15) is 11.3 Å². The van der Waals surface area contributed by atoms with E-state index in [-0.39, 0.29) is 0 Å². The van der Waals surface area contributed by atoms with Crippen molar-refractivity contribution in [2.75, 3.05) is 0 Å². The van der Waals surface area contributed by atoms with Crippen LogP contribution in [-0.2, 0) is 20.0 Å². The van der Waals surface area contributed by atoms with Crippen LogP contribution in [0.1, 0.15) is 56.9 Å². The Morgan fingerprint density at radius 2 is 1.71 bits per heavy atom. The number of imidazole rings is 1. The van der Waals surface area contributed by atoms with Crippen molar-refractivity contribution >= 4 is 11.3 Å². The highest BCUT2D eigenvalue weighted by atomic mass is 32.1. The summed E-state index contributed by atoms with van der Waals surface area (Å²) >= 11 is 1.82. The zero-order valence-corrected chi connectivity index (χ0v) is 14.2. The van der Waals surface area contributed by atoms with Crippen molar-refractivity contribution < 1.29 is 4.57 Å². The summed E-state index contributed by atoms with van der Waals surface area (Å²) in [4.78, 5) is 0. The molecule has 0 saturated carbocycles. The zero-order valence-electron chi connectivity index (χ0n) is 13.3. The van der Waals surface area contributed by atoms with E-state index in [1.807, 2.05) is 11.3 Å². The van der Waals surface area contributed by atoms with Crippen LogP contribution in [0.2, 0.25) is 0 Å². The van der Waals surface area contributed by atoms with Crippen molar-refractivity contribution in [2.24, 2.45) is 7.05 Å². The molecule has 0 fully saturated rings. The van der Waals surface area contributed by atoms with Gasteiger partial charge in [0.1, 0.15) is 12.4 Å². The lowest BCUT2D eigenvalue weighted by molar-refractivity contribution is -0.671. The molecule has 0 saturated heterocycles. The lowest BCUT2D eigenvalue weighted by atomic mass is 10.1. The highest BCUT2D eigenvalue weighted by molar-refractivity contribution is 7.07. The smallest absolute Gasteiger partial charge is 0.240 e. The minimum absolute atomic E-state index is 1.17. The van der Waals surface area contributed by atoms with Gasteiger partial charge in [0.05, 0.1) is 13.6 Å². The first-order chi connectivity index (χ1) is 10.3. The zero-order chi connectivity index (χ0) is 14.8. The van der Waals surface area contributed by atoms with Gasteiger partial charge in [-0.1, -0.05) is 32.1 Å². The van der Waals surface area contributed by atoms with Crippen LogP contribution in [0.4, 0.5) is 0 Å². The summed E-state index contributed by atoms with van der Waals surface area (Å²) in [6.45, 7) is 1.17. The molecule has 2 heterocycles. The molecule has 116 valence electrons. The van der Waals surface area contributed by atoms with Crippen LogP contribution in [0.25, 0.3) is 0 Å². The first-order valence-corrected chi connectivity index (χ1v) is 9.31. The van der Waals surface area contributed by atoms with Gasteiger partial charge in [0.15, 0.2) is 0 Å². The average molecular weight is 306 g/mol. The molecule has 2 nitrogen and oxygen atoms in total. The number of hydrogen-bond donors (Lipinski definition) is 0. The molecule has 2 aromatic heterocycles. The number of thiophene rings is 1. The summed E-state index contributed by atoms with van der Waals surface area (Å²) in [5.41, 5.74) is 1.53. The van der Waals surface area contributed by atoms with Crippen molar-refractivity contribution in [3.8, 4) is 0 Å². The molecule has 0 amide bonds. The minimum Gasteiger partial charge on any atom is -0.240 e. The van der Waals surface area contributed by atoms with Gasteiger partial charge >= 0.3 is 0 Å². The molecular formula is C18H29N2S+. The van der Waals surface area contributed by atoms with E-state index >= 15 is 0 Å². The van der Waals surface area contributed by atoms with E-state index in [4.69, 9.17) is 0 Å². The van der Waals surface area contributed by atoms with Gasteiger partial charge in [-0.25, -0.2) is 9.13 Å². The Hall–Kier alpha value is -1.09. The van der Waals surface area contributed by atoms with E-state index in [2.05, 4.69) is 51.7 Å². The number of rotatable bonds is 11. The Morgan fingerprint density at radius 3 is 2.33 bits per heavy atom. The maximum absolute atomic E-state index is 2.28. The third kappa shape index (κ3) is 6.94. The van der Waals surface area contributed by atoms with Crippen molar-refractivity contribution in [1.29, 1.82) is 0 Å². The molecule has 0 atom stereocenters. The molecule has 0 aliphatic heterocycles. The highest BCUT2D eigenvalue weighted by Crippen LogP contribution is 2.13. The molecule has 21 heavy (non-hydrogen) atoms. The van der Waals surface area contributed by atoms with Gasteiger partial charge in [-0.3, -0.25) is 0 Å². The number of unbranched alkanes of at least 4 members (excludes halogenated alkanes) is 7. The van der Waals surface area contributed by atoms with Crippen molar-refractivity contribution in [3.63, 3.8) is 0 Å². The minimum atomic E-state index is 1.17. The quantitative estimate of drug-likeness (QED) is 0.419. The lowest BCUT2D eigenvalue weighted by Gasteiger charge is -2.02. The van der Waals surface area contributed by atoms with Gasteiger partial charge in [0.25, 0.3) is 0 Å². The van der Waals surface area contributed by atoms with Gasteiger partial charge in [0.2, 0.25) is 6.33 Å². The average Bonchev–Trinajstić information content (AvgIpc) is 3.12. The molecule has 0 aromatic carbocycles. The second-order valence-electron chi connectivity index (χ2n) is 6.03. The van der Waals surface area contributed by atoms with Gasteiger partial charge in [-0.05, 0) is 48.1 Å². The maximum Gasteiger partial charge on any atom is 0.243 e. The van der Waals surface area contributed by atoms with E-state index in [1.165, 1.54) is 69.9 Å². The molecule has 0 bridgehead atoms. The van der Waals surface area contributed by atoms with E-state index in [9.17, 15) is 0 Å². The Bertz CT molecular complexity index is 473. The molecule has 2 aromatic rings. The number of aryl methyl sites for hydroxylation is 3. The van der Waals surface area contributed by atoms with E-state index in [0.29, 0.717) is 0 Å². The first kappa shape index (κ1) is 16.3. The molecule has 2 rings (SSSR count). The molecule has 0 aliphatic carbocycles. The van der Waals surface area contributed by atoms with Crippen molar-refractivity contribution in [2.45, 2.75) is 64.3 Å². The topological polar surface area (TPSA) is 8.81 Å². The number of hydrogen-bond acceptors (Lipinski definition) is 1. The fourth-order valence-electron chi connectivity index (χ4n) is 2.75. The summed E-state index contributed by atoms with van der Waals surface area (Å²) in [5, 5.41) is 4.47. The molecule has 0 aliphatic rings. The second-order valence-corrected chi connectivity index (χ2v) is 6.81. The summed E-state index contributed by atoms with van der Waals surface area (Å²) in [7, 11) is 2.08. The van der Waals surface area contributed by atoms with Crippen LogP contribution < -0.4 is 4.57 Å². The van der Waals surface area contributed by atoms with Crippen LogP contribution in [0.3, 0.4) is 0 Å². The molecule has 3 heteroatoms. The van der Waals surface area contributed by atoms with Crippen LogP contribution in [0.5, 0.6) is 0 Å². The normalized spacial score (nSPS) is 11.1. The fourth-order valence-corrected chi connectivity index (χ4v) is 3.46. The number of aromatic nitrogens is 2. The summed E-state index contributed by atoms with van der Waals surface area (Å²) < 4.78 is 4.39. The van der Waals surface area contributed by atoms with Gasteiger partial charge in [0, 0.05) is 0 Å². The van der Waals surface area contributed by atoms with E-state index < -0.39 is 0 Å². The predicted molar refractivity (Wildman–Crippen MR) is 90.6 cm³/mol. The van der Waals surface area contributed by atoms with E-state index in [1.54, 1.807) is 0 Å². The van der Waals surface area contributed by atoms with Gasteiger partial charge < -0.3 is 0 Å². The fraction of sp³-hybridized carbons (Fsp3) is 0.611. The lowest BCUT2D eigenvalue weighted by Crippen LogP contribution is -2.23. The Balaban J connectivity index is 1.35. The van der Waals surface area contributed by atoms with Crippen molar-refractivity contribution in [3.05, 3.63) is 41.1 Å². The summed E-state index contributed by atoms with van der Waals surface area (Å²) in [5.74, 6) is 0. The second kappa shape index (κ2) is 9.78. The van der Waals surface area contributed by atoms with Crippen LogP contribution in [0, 0.1) is 0 Å². The largest absolute Gasteiger partial charge is 0.243 e. The standard InChI is InChI=1S/C18H29N2S/c1-19-13-14-20(17-19)12-9-7-5-3-2-4-6-8-10-18-11-15-21-16-18/h11,13-17H,2-10,12H2,1H3/q+1. The van der Waals surface area contributed by atoms with E-state index in [0.717, 1.165) is 0 Å². The third-order valence-corrected chi connectivity index (χ3v) is 4.77. The molecular weight excluding hydrogens is 276 g/mol. The Labute approximate surface area is 133 Å². The van der Waals surface area contributed by atoms with Crippen molar-refractivity contribution in [1.82, 2.24) is 4.57 Å². The Morgan fingerprint density at radius 1 is 1.00 bits per heavy atom. The number of nitrogens with zero attached hydrogens (tertiary/aromatic N) is 2. The van der Waals surface area contributed by atoms with Gasteiger partial charge in [-0.15, -0.1) is 0 Å². The van der Waals surface area contributed by atoms with Crippen LogP contribution in [0.15, 0.2) is 35.5 Å². The third-order valence-electron chi connectivity index (χ3n) is 4.04. The Kier molecular flexibility index (Phi) is 7.58. The monoisotopic (exact) mass is 305 g/mol. The highest BCUT2D eigenvalue weighted by Gasteiger charge is 1.99. The molecule has 0 spiro atoms. The summed E-state index contributed by atoms with van der Waals surface area (Å²) in [6.07, 6.45) is 18.8.